The van der Waals surface area contributed by atoms with E-state index in [9.17, 15) is 14.7 Å². The average molecular weight is 395 g/mol. The van der Waals surface area contributed by atoms with E-state index in [-0.39, 0.29) is 31.2 Å². The van der Waals surface area contributed by atoms with Gasteiger partial charge in [-0.25, -0.2) is 5.01 Å². The van der Waals surface area contributed by atoms with Gasteiger partial charge < -0.3 is 19.4 Å². The van der Waals surface area contributed by atoms with Gasteiger partial charge in [0.2, 0.25) is 5.91 Å². The number of carbonyl (C=O) groups excluding carboxylic acids is 2. The van der Waals surface area contributed by atoms with Gasteiger partial charge in [-0.05, 0) is 36.1 Å². The topological polar surface area (TPSA) is 91.3 Å². The standard InChI is InChI=1S/C22H24N2O5/c1-28-19-12-11-16(13-20(19)29-2)18-14-17(15-7-4-3-5-8-15)23-24(18)21(25)9-6-10-22(26)27/h3-5,7-8,11-13,18H,6,9-10,14H2,1-2H3,(H,26,27)/p-1/t18-/m1/s1. The second-order valence-electron chi connectivity index (χ2n) is 6.71. The molecule has 0 saturated heterocycles. The van der Waals surface area contributed by atoms with Gasteiger partial charge in [0.1, 0.15) is 0 Å². The van der Waals surface area contributed by atoms with E-state index in [4.69, 9.17) is 9.47 Å². The van der Waals surface area contributed by atoms with E-state index >= 15 is 0 Å². The summed E-state index contributed by atoms with van der Waals surface area (Å²) in [5.74, 6) is -0.214. The number of benzene rings is 2. The summed E-state index contributed by atoms with van der Waals surface area (Å²) in [4.78, 5) is 23.5. The van der Waals surface area contributed by atoms with Gasteiger partial charge in [0.25, 0.3) is 0 Å². The molecule has 1 atom stereocenters. The maximum absolute atomic E-state index is 12.8. The molecular formula is C22H23N2O5-. The molecule has 0 fully saturated rings. The Labute approximate surface area is 169 Å². The van der Waals surface area contributed by atoms with Gasteiger partial charge in [0, 0.05) is 18.8 Å². The molecule has 7 heteroatoms. The van der Waals surface area contributed by atoms with Gasteiger partial charge in [-0.2, -0.15) is 5.10 Å². The van der Waals surface area contributed by atoms with Crippen molar-refractivity contribution in [1.29, 1.82) is 0 Å². The van der Waals surface area contributed by atoms with E-state index in [1.165, 1.54) is 5.01 Å². The maximum atomic E-state index is 12.8. The van der Waals surface area contributed by atoms with Crippen LogP contribution in [0.3, 0.4) is 0 Å². The smallest absolute Gasteiger partial charge is 0.243 e. The minimum atomic E-state index is -1.16. The molecule has 0 bridgehead atoms. The lowest BCUT2D eigenvalue weighted by Crippen LogP contribution is -2.28. The van der Waals surface area contributed by atoms with Gasteiger partial charge in [-0.3, -0.25) is 4.79 Å². The van der Waals surface area contributed by atoms with Gasteiger partial charge >= 0.3 is 0 Å². The molecule has 0 unspecified atom stereocenters. The van der Waals surface area contributed by atoms with Crippen LogP contribution < -0.4 is 14.6 Å². The highest BCUT2D eigenvalue weighted by atomic mass is 16.5. The van der Waals surface area contributed by atoms with Crippen LogP contribution >= 0.6 is 0 Å². The number of carbonyl (C=O) groups is 2. The number of nitrogens with zero attached hydrogens (tertiary/aromatic N) is 2. The molecule has 3 rings (SSSR count). The molecule has 1 heterocycles. The van der Waals surface area contributed by atoms with Crippen molar-refractivity contribution < 1.29 is 24.2 Å². The van der Waals surface area contributed by atoms with Gasteiger partial charge in [-0.15, -0.1) is 0 Å². The number of methoxy groups -OCH3 is 2. The van der Waals surface area contributed by atoms with Crippen molar-refractivity contribution in [3.8, 4) is 11.5 Å². The molecule has 0 N–H and O–H groups in total. The highest BCUT2D eigenvalue weighted by molar-refractivity contribution is 6.03. The second-order valence-corrected chi connectivity index (χ2v) is 6.71. The van der Waals surface area contributed by atoms with Crippen molar-refractivity contribution in [2.24, 2.45) is 5.10 Å². The van der Waals surface area contributed by atoms with E-state index < -0.39 is 5.97 Å². The number of carboxylic acid groups (broad SMARTS) is 1. The molecule has 7 nitrogen and oxygen atoms in total. The fourth-order valence-corrected chi connectivity index (χ4v) is 3.36. The lowest BCUT2D eigenvalue weighted by atomic mass is 9.98. The molecule has 0 aromatic heterocycles. The van der Waals surface area contributed by atoms with E-state index in [1.54, 1.807) is 20.3 Å². The van der Waals surface area contributed by atoms with Crippen LogP contribution in [0.2, 0.25) is 0 Å². The summed E-state index contributed by atoms with van der Waals surface area (Å²) in [5.41, 5.74) is 2.62. The summed E-state index contributed by atoms with van der Waals surface area (Å²) in [6.45, 7) is 0. The van der Waals surface area contributed by atoms with Crippen LogP contribution in [0.1, 0.15) is 42.9 Å². The van der Waals surface area contributed by atoms with Crippen molar-refractivity contribution in [1.82, 2.24) is 5.01 Å². The second kappa shape index (κ2) is 9.23. The molecule has 1 aliphatic rings. The molecule has 2 aromatic carbocycles. The molecule has 2 aromatic rings. The third-order valence-corrected chi connectivity index (χ3v) is 4.84. The van der Waals surface area contributed by atoms with Crippen LogP contribution in [0.4, 0.5) is 0 Å². The maximum Gasteiger partial charge on any atom is 0.243 e. The molecule has 1 aliphatic heterocycles. The van der Waals surface area contributed by atoms with Gasteiger partial charge in [-0.1, -0.05) is 36.4 Å². The Bertz CT molecular complexity index is 911. The summed E-state index contributed by atoms with van der Waals surface area (Å²) in [7, 11) is 3.13. The number of amides is 1. The van der Waals surface area contributed by atoms with Crippen LogP contribution in [-0.2, 0) is 9.59 Å². The van der Waals surface area contributed by atoms with Crippen molar-refractivity contribution in [2.45, 2.75) is 31.7 Å². The van der Waals surface area contributed by atoms with Crippen molar-refractivity contribution in [3.63, 3.8) is 0 Å². The molecule has 1 amide bonds. The van der Waals surface area contributed by atoms with Crippen LogP contribution in [0, 0.1) is 0 Å². The SMILES string of the molecule is COc1ccc([C@H]2CC(c3ccccc3)=NN2C(=O)CCCC(=O)[O-])cc1OC. The number of hydrazone groups is 1. The number of ether oxygens (including phenoxy) is 2. The Morgan fingerprint density at radius 1 is 1.07 bits per heavy atom. The lowest BCUT2D eigenvalue weighted by Gasteiger charge is -2.23. The summed E-state index contributed by atoms with van der Waals surface area (Å²) in [5, 5.41) is 16.7. The fourth-order valence-electron chi connectivity index (χ4n) is 3.36. The quantitative estimate of drug-likeness (QED) is 0.684. The summed E-state index contributed by atoms with van der Waals surface area (Å²) >= 11 is 0. The zero-order chi connectivity index (χ0) is 20.8. The third kappa shape index (κ3) is 4.74. The summed E-state index contributed by atoms with van der Waals surface area (Å²) in [6, 6.07) is 14.9. The van der Waals surface area contributed by atoms with Crippen LogP contribution in [0.5, 0.6) is 11.5 Å². The minimum absolute atomic E-state index is 0.0866. The van der Waals surface area contributed by atoms with E-state index in [0.29, 0.717) is 17.9 Å². The first-order chi connectivity index (χ1) is 14.0. The molecule has 0 radical (unpaired) electrons. The predicted octanol–water partition coefficient (Wildman–Crippen LogP) is 2.30. The highest BCUT2D eigenvalue weighted by Gasteiger charge is 2.33. The summed E-state index contributed by atoms with van der Waals surface area (Å²) in [6.07, 6.45) is 0.692. The first-order valence-electron chi connectivity index (χ1n) is 9.40. The molecule has 0 spiro atoms. The first kappa shape index (κ1) is 20.4. The Hall–Kier alpha value is -3.35. The zero-order valence-corrected chi connectivity index (χ0v) is 16.5. The molecule has 29 heavy (non-hydrogen) atoms. The van der Waals surface area contributed by atoms with Crippen molar-refractivity contribution >= 4 is 17.6 Å². The normalized spacial score (nSPS) is 15.7. The number of rotatable bonds is 8. The number of carboxylic acids is 1. The Kier molecular flexibility index (Phi) is 6.49. The van der Waals surface area contributed by atoms with Gasteiger partial charge in [0.15, 0.2) is 11.5 Å². The van der Waals surface area contributed by atoms with Crippen molar-refractivity contribution in [2.75, 3.05) is 14.2 Å². The van der Waals surface area contributed by atoms with Crippen LogP contribution in [0.25, 0.3) is 0 Å². The number of aliphatic carboxylic acids is 1. The third-order valence-electron chi connectivity index (χ3n) is 4.84. The largest absolute Gasteiger partial charge is 0.550 e. The van der Waals surface area contributed by atoms with Gasteiger partial charge in [0.05, 0.1) is 26.0 Å². The Morgan fingerprint density at radius 3 is 2.45 bits per heavy atom. The molecule has 152 valence electrons. The monoisotopic (exact) mass is 395 g/mol. The zero-order valence-electron chi connectivity index (χ0n) is 16.5. The molecular weight excluding hydrogens is 372 g/mol. The average Bonchev–Trinajstić information content (AvgIpc) is 3.19. The predicted molar refractivity (Wildman–Crippen MR) is 106 cm³/mol. The minimum Gasteiger partial charge on any atom is -0.550 e. The van der Waals surface area contributed by atoms with Crippen LogP contribution in [0.15, 0.2) is 53.6 Å². The number of hydrogen-bond donors (Lipinski definition) is 0. The summed E-state index contributed by atoms with van der Waals surface area (Å²) < 4.78 is 10.7. The fraction of sp³-hybridized carbons (Fsp3) is 0.318. The van der Waals surface area contributed by atoms with E-state index in [0.717, 1.165) is 16.8 Å². The molecule has 0 saturated carbocycles. The Balaban J connectivity index is 1.89. The first-order valence-corrected chi connectivity index (χ1v) is 9.40. The van der Waals surface area contributed by atoms with Crippen LogP contribution in [-0.4, -0.2) is 36.8 Å². The molecule has 0 aliphatic carbocycles. The Morgan fingerprint density at radius 2 is 1.79 bits per heavy atom. The van der Waals surface area contributed by atoms with E-state index in [2.05, 4.69) is 5.10 Å². The van der Waals surface area contributed by atoms with Crippen molar-refractivity contribution in [3.05, 3.63) is 59.7 Å². The highest BCUT2D eigenvalue weighted by Crippen LogP contribution is 2.37. The lowest BCUT2D eigenvalue weighted by molar-refractivity contribution is -0.305. The van der Waals surface area contributed by atoms with E-state index in [1.807, 2.05) is 42.5 Å². The number of hydrogen-bond acceptors (Lipinski definition) is 6.